The predicted molar refractivity (Wildman–Crippen MR) is 18.7 cm³/mol. The number of rotatable bonds is 1. The summed E-state index contributed by atoms with van der Waals surface area (Å²) in [5.41, 5.74) is 4.67. The van der Waals surface area contributed by atoms with Gasteiger partial charge in [0.15, 0.2) is 5.63 Å². The normalized spacial score (nSPS) is 15.0. The quantitative estimate of drug-likeness (QED) is 0.432. The molecule has 0 spiro atoms. The number of nitrogens with one attached hydrogen (secondary N) is 1. The molecule has 0 aliphatic heterocycles. The van der Waals surface area contributed by atoms with Crippen LogP contribution in [0.4, 0.5) is 4.39 Å². The molecule has 0 saturated heterocycles. The lowest BCUT2D eigenvalue weighted by Crippen LogP contribution is -1.95. The van der Waals surface area contributed by atoms with E-state index in [0.717, 1.165) is 0 Å². The standard InChI is InChI=1S/C2H4ClFN/c3-2(4)1-5/h2,5H,1H2. The lowest BCUT2D eigenvalue weighted by atomic mass is 10.8. The zero-order valence-corrected chi connectivity index (χ0v) is 3.30. The minimum atomic E-state index is -1.48. The van der Waals surface area contributed by atoms with Crippen LogP contribution in [0.5, 0.6) is 0 Å². The SMILES string of the molecule is [NH]CC(F)Cl. The first-order valence-corrected chi connectivity index (χ1v) is 1.63. The number of hydrogen-bond acceptors (Lipinski definition) is 0. The van der Waals surface area contributed by atoms with Gasteiger partial charge in [0.25, 0.3) is 0 Å². The molecule has 0 heterocycles. The lowest BCUT2D eigenvalue weighted by molar-refractivity contribution is 0.448. The minimum Gasteiger partial charge on any atom is -0.254 e. The fourth-order valence-electron chi connectivity index (χ4n) is 0. The Bertz CT molecular complexity index is 23.6. The molecule has 0 bridgehead atoms. The first kappa shape index (κ1) is 5.18. The van der Waals surface area contributed by atoms with Crippen LogP contribution in [0, 0.1) is 0 Å². The van der Waals surface area contributed by atoms with E-state index in [1.54, 1.807) is 0 Å². The highest BCUT2D eigenvalue weighted by atomic mass is 35.5. The van der Waals surface area contributed by atoms with E-state index in [0.29, 0.717) is 0 Å². The Morgan fingerprint density at radius 1 is 2.00 bits per heavy atom. The third-order valence-electron chi connectivity index (χ3n) is 0.154. The second-order valence-corrected chi connectivity index (χ2v) is 1.07. The molecule has 3 heteroatoms. The third-order valence-corrected chi connectivity index (χ3v) is 0.309. The molecule has 31 valence electrons. The van der Waals surface area contributed by atoms with E-state index < -0.39 is 5.63 Å². The van der Waals surface area contributed by atoms with Gasteiger partial charge in [-0.25, -0.2) is 4.39 Å². The molecular weight excluding hydrogens is 92.5 g/mol. The highest BCUT2D eigenvalue weighted by molar-refractivity contribution is 6.19. The maximum Gasteiger partial charge on any atom is 0.187 e. The highest BCUT2D eigenvalue weighted by Crippen LogP contribution is 1.90. The molecule has 1 N–H and O–H groups in total. The zero-order valence-electron chi connectivity index (χ0n) is 2.54. The average Bonchev–Trinajstić information content (AvgIpc) is 1.38. The molecule has 0 amide bonds. The van der Waals surface area contributed by atoms with Crippen molar-refractivity contribution in [1.29, 1.82) is 0 Å². The second kappa shape index (κ2) is 2.42. The van der Waals surface area contributed by atoms with Crippen LogP contribution in [0.15, 0.2) is 0 Å². The van der Waals surface area contributed by atoms with Crippen LogP contribution < -0.4 is 5.73 Å². The maximum atomic E-state index is 11.0. The molecule has 1 unspecified atom stereocenters. The Morgan fingerprint density at radius 2 is 2.20 bits per heavy atom. The van der Waals surface area contributed by atoms with Gasteiger partial charge in [0.2, 0.25) is 0 Å². The molecule has 0 rings (SSSR count). The fourth-order valence-corrected chi connectivity index (χ4v) is 0. The van der Waals surface area contributed by atoms with Gasteiger partial charge in [-0.3, -0.25) is 5.73 Å². The van der Waals surface area contributed by atoms with Crippen molar-refractivity contribution in [2.75, 3.05) is 6.54 Å². The van der Waals surface area contributed by atoms with Gasteiger partial charge in [-0.05, 0) is 0 Å². The Morgan fingerprint density at radius 3 is 2.20 bits per heavy atom. The summed E-state index contributed by atoms with van der Waals surface area (Å²) < 4.78 is 11.0. The van der Waals surface area contributed by atoms with Gasteiger partial charge in [0, 0.05) is 0 Å². The van der Waals surface area contributed by atoms with E-state index in [1.807, 2.05) is 0 Å². The van der Waals surface area contributed by atoms with E-state index in [2.05, 4.69) is 11.6 Å². The predicted octanol–water partition coefficient (Wildman–Crippen LogP) is 0.804. The van der Waals surface area contributed by atoms with Crippen molar-refractivity contribution < 1.29 is 4.39 Å². The summed E-state index contributed by atoms with van der Waals surface area (Å²) in [7, 11) is 0. The van der Waals surface area contributed by atoms with Gasteiger partial charge in [-0.15, -0.1) is 0 Å². The van der Waals surface area contributed by atoms with Crippen molar-refractivity contribution in [2.45, 2.75) is 5.63 Å². The average molecular weight is 96.5 g/mol. The summed E-state index contributed by atoms with van der Waals surface area (Å²) in [5, 5.41) is 0. The van der Waals surface area contributed by atoms with Crippen LogP contribution in [-0.2, 0) is 0 Å². The van der Waals surface area contributed by atoms with Crippen LogP contribution in [0.1, 0.15) is 0 Å². The van der Waals surface area contributed by atoms with Crippen molar-refractivity contribution in [3.05, 3.63) is 0 Å². The molecule has 0 saturated carbocycles. The molecule has 0 aliphatic carbocycles. The zero-order chi connectivity index (χ0) is 4.28. The topological polar surface area (TPSA) is 23.8 Å². The molecule has 0 aromatic rings. The second-order valence-electron chi connectivity index (χ2n) is 0.595. The van der Waals surface area contributed by atoms with Crippen LogP contribution in [0.2, 0.25) is 0 Å². The summed E-state index contributed by atoms with van der Waals surface area (Å²) in [6.45, 7) is -0.346. The lowest BCUT2D eigenvalue weighted by Gasteiger charge is -1.82. The van der Waals surface area contributed by atoms with E-state index >= 15 is 0 Å². The van der Waals surface area contributed by atoms with Crippen molar-refractivity contribution in [3.8, 4) is 0 Å². The third kappa shape index (κ3) is 4.18. The number of alkyl halides is 2. The van der Waals surface area contributed by atoms with Crippen LogP contribution in [-0.4, -0.2) is 12.2 Å². The molecule has 0 aromatic carbocycles. The molecular formula is C2H4ClFN. The Hall–Kier alpha value is 0.180. The largest absolute Gasteiger partial charge is 0.254 e. The number of halogens is 2. The van der Waals surface area contributed by atoms with Crippen LogP contribution in [0.25, 0.3) is 0 Å². The Labute approximate surface area is 34.9 Å². The summed E-state index contributed by atoms with van der Waals surface area (Å²) >= 11 is 4.61. The van der Waals surface area contributed by atoms with E-state index in [4.69, 9.17) is 5.73 Å². The van der Waals surface area contributed by atoms with E-state index in [9.17, 15) is 4.39 Å². The molecule has 1 nitrogen and oxygen atoms in total. The molecule has 0 aliphatic rings. The summed E-state index contributed by atoms with van der Waals surface area (Å²) in [6.07, 6.45) is 0. The summed E-state index contributed by atoms with van der Waals surface area (Å²) in [6, 6.07) is 0. The van der Waals surface area contributed by atoms with Gasteiger partial charge in [0.05, 0.1) is 6.54 Å². The maximum absolute atomic E-state index is 11.0. The smallest absolute Gasteiger partial charge is 0.187 e. The minimum absolute atomic E-state index is 0.346. The van der Waals surface area contributed by atoms with Gasteiger partial charge in [0.1, 0.15) is 0 Å². The van der Waals surface area contributed by atoms with Crippen molar-refractivity contribution >= 4 is 11.6 Å². The van der Waals surface area contributed by atoms with Gasteiger partial charge >= 0.3 is 0 Å². The molecule has 1 atom stereocenters. The van der Waals surface area contributed by atoms with Crippen molar-refractivity contribution in [2.24, 2.45) is 0 Å². The number of hydrogen-bond donors (Lipinski definition) is 0. The van der Waals surface area contributed by atoms with Crippen LogP contribution in [0.3, 0.4) is 0 Å². The molecule has 0 fully saturated rings. The molecule has 1 radical (unpaired) electrons. The van der Waals surface area contributed by atoms with Gasteiger partial charge in [-0.1, -0.05) is 11.6 Å². The van der Waals surface area contributed by atoms with Crippen LogP contribution >= 0.6 is 11.6 Å². The van der Waals surface area contributed by atoms with Crippen molar-refractivity contribution in [1.82, 2.24) is 5.73 Å². The fraction of sp³-hybridized carbons (Fsp3) is 1.00. The first-order valence-electron chi connectivity index (χ1n) is 1.20. The monoisotopic (exact) mass is 96.0 g/mol. The van der Waals surface area contributed by atoms with Gasteiger partial charge in [-0.2, -0.15) is 0 Å². The first-order chi connectivity index (χ1) is 2.27. The summed E-state index contributed by atoms with van der Waals surface area (Å²) in [4.78, 5) is 0. The van der Waals surface area contributed by atoms with E-state index in [-0.39, 0.29) is 6.54 Å². The van der Waals surface area contributed by atoms with Crippen molar-refractivity contribution in [3.63, 3.8) is 0 Å². The molecule has 5 heavy (non-hydrogen) atoms. The Kier molecular flexibility index (Phi) is 2.51. The Balaban J connectivity index is 2.54. The van der Waals surface area contributed by atoms with Gasteiger partial charge < -0.3 is 0 Å². The van der Waals surface area contributed by atoms with E-state index in [1.165, 1.54) is 0 Å². The summed E-state index contributed by atoms with van der Waals surface area (Å²) in [5.74, 6) is 0. The highest BCUT2D eigenvalue weighted by Gasteiger charge is 1.89. The molecule has 0 aromatic heterocycles.